The van der Waals surface area contributed by atoms with E-state index in [1.807, 2.05) is 67.6 Å². The maximum atomic E-state index is 10.5. The molecule has 0 aliphatic carbocycles. The lowest BCUT2D eigenvalue weighted by Gasteiger charge is -2.14. The van der Waals surface area contributed by atoms with Gasteiger partial charge in [0.15, 0.2) is 0 Å². The van der Waals surface area contributed by atoms with Gasteiger partial charge in [-0.05, 0) is 40.8 Å². The van der Waals surface area contributed by atoms with Gasteiger partial charge in [-0.15, -0.1) is 0 Å². The van der Waals surface area contributed by atoms with E-state index in [4.69, 9.17) is 5.73 Å². The molecule has 0 aliphatic rings. The molecule has 22 heavy (non-hydrogen) atoms. The van der Waals surface area contributed by atoms with E-state index in [0.29, 0.717) is 5.69 Å². The number of nitrogen functional groups attached to an aromatic ring is 1. The number of anilines is 1. The molecule has 3 aromatic carbocycles. The highest BCUT2D eigenvalue weighted by molar-refractivity contribution is 5.63. The molecule has 0 heterocycles. The summed E-state index contributed by atoms with van der Waals surface area (Å²) in [5.74, 6) is 0. The van der Waals surface area contributed by atoms with Gasteiger partial charge in [-0.2, -0.15) is 0 Å². The van der Waals surface area contributed by atoms with Crippen LogP contribution in [0.15, 0.2) is 72.8 Å². The Hall–Kier alpha value is -2.58. The van der Waals surface area contributed by atoms with Crippen molar-refractivity contribution >= 4 is 5.69 Å². The molecule has 0 amide bonds. The highest BCUT2D eigenvalue weighted by Gasteiger charge is 2.11. The molecule has 2 nitrogen and oxygen atoms in total. The Balaban J connectivity index is 1.87. The summed E-state index contributed by atoms with van der Waals surface area (Å²) < 4.78 is 0. The fourth-order valence-electron chi connectivity index (χ4n) is 2.51. The molecule has 0 aromatic heterocycles. The molecular formula is C20H19NO. The lowest BCUT2D eigenvalue weighted by Crippen LogP contribution is -2.01. The number of hydrogen-bond donors (Lipinski definition) is 2. The topological polar surface area (TPSA) is 46.2 Å². The van der Waals surface area contributed by atoms with Crippen LogP contribution >= 0.6 is 0 Å². The first kappa shape index (κ1) is 14.4. The van der Waals surface area contributed by atoms with Crippen molar-refractivity contribution in [1.82, 2.24) is 0 Å². The summed E-state index contributed by atoms with van der Waals surface area (Å²) in [4.78, 5) is 0. The summed E-state index contributed by atoms with van der Waals surface area (Å²) >= 11 is 0. The minimum absolute atomic E-state index is 0.660. The zero-order chi connectivity index (χ0) is 15.5. The van der Waals surface area contributed by atoms with E-state index < -0.39 is 6.10 Å². The standard InChI is InChI=1S/C20H19NO/c1-14-7-8-18(13-19(14)21)20(22)17-11-9-16(10-12-17)15-5-3-2-4-6-15/h2-13,20,22H,21H2,1H3/t20-/m1/s1. The number of rotatable bonds is 3. The van der Waals surface area contributed by atoms with Gasteiger partial charge in [0, 0.05) is 5.69 Å². The lowest BCUT2D eigenvalue weighted by molar-refractivity contribution is 0.220. The van der Waals surface area contributed by atoms with Crippen molar-refractivity contribution in [3.63, 3.8) is 0 Å². The quantitative estimate of drug-likeness (QED) is 0.705. The smallest absolute Gasteiger partial charge is 0.104 e. The van der Waals surface area contributed by atoms with Gasteiger partial charge in [0.1, 0.15) is 6.10 Å². The van der Waals surface area contributed by atoms with Gasteiger partial charge in [-0.1, -0.05) is 66.7 Å². The van der Waals surface area contributed by atoms with E-state index in [-0.39, 0.29) is 0 Å². The molecule has 1 atom stereocenters. The lowest BCUT2D eigenvalue weighted by atomic mass is 9.97. The van der Waals surface area contributed by atoms with Crippen LogP contribution in [0.3, 0.4) is 0 Å². The van der Waals surface area contributed by atoms with E-state index in [0.717, 1.165) is 22.3 Å². The molecule has 3 aromatic rings. The predicted octanol–water partition coefficient (Wildman–Crippen LogP) is 4.33. The third kappa shape index (κ3) is 2.87. The molecule has 110 valence electrons. The fourth-order valence-corrected chi connectivity index (χ4v) is 2.51. The Morgan fingerprint density at radius 2 is 1.36 bits per heavy atom. The first-order chi connectivity index (χ1) is 10.6. The van der Waals surface area contributed by atoms with E-state index >= 15 is 0 Å². The SMILES string of the molecule is Cc1ccc([C@H](O)c2ccc(-c3ccccc3)cc2)cc1N. The normalized spacial score (nSPS) is 12.1. The van der Waals surface area contributed by atoms with Gasteiger partial charge in [0.05, 0.1) is 0 Å². The monoisotopic (exact) mass is 289 g/mol. The third-order valence-electron chi connectivity index (χ3n) is 3.95. The van der Waals surface area contributed by atoms with Gasteiger partial charge in [0.25, 0.3) is 0 Å². The van der Waals surface area contributed by atoms with Crippen LogP contribution < -0.4 is 5.73 Å². The highest BCUT2D eigenvalue weighted by Crippen LogP contribution is 2.27. The first-order valence-electron chi connectivity index (χ1n) is 7.34. The molecule has 0 unspecified atom stereocenters. The summed E-state index contributed by atoms with van der Waals surface area (Å²) in [6.07, 6.45) is -0.660. The van der Waals surface area contributed by atoms with Crippen LogP contribution in [0.5, 0.6) is 0 Å². The number of benzene rings is 3. The van der Waals surface area contributed by atoms with E-state index in [1.54, 1.807) is 0 Å². The zero-order valence-electron chi connectivity index (χ0n) is 12.5. The van der Waals surface area contributed by atoms with Crippen LogP contribution in [0.25, 0.3) is 11.1 Å². The second-order valence-electron chi connectivity index (χ2n) is 5.51. The molecule has 0 aliphatic heterocycles. The Labute approximate surface area is 130 Å². The molecule has 0 fully saturated rings. The molecule has 0 radical (unpaired) electrons. The van der Waals surface area contributed by atoms with Crippen molar-refractivity contribution in [2.75, 3.05) is 5.73 Å². The van der Waals surface area contributed by atoms with Crippen LogP contribution in [-0.4, -0.2) is 5.11 Å². The molecule has 3 N–H and O–H groups in total. The summed E-state index contributed by atoms with van der Waals surface area (Å²) in [6.45, 7) is 1.96. The van der Waals surface area contributed by atoms with Crippen molar-refractivity contribution in [3.8, 4) is 11.1 Å². The van der Waals surface area contributed by atoms with E-state index in [9.17, 15) is 5.11 Å². The van der Waals surface area contributed by atoms with Crippen LogP contribution in [0.1, 0.15) is 22.8 Å². The maximum absolute atomic E-state index is 10.5. The van der Waals surface area contributed by atoms with E-state index in [1.165, 1.54) is 5.56 Å². The summed E-state index contributed by atoms with van der Waals surface area (Å²) in [5.41, 5.74) is 11.6. The van der Waals surface area contributed by atoms with Gasteiger partial charge in [-0.25, -0.2) is 0 Å². The molecule has 0 bridgehead atoms. The van der Waals surface area contributed by atoms with Crippen LogP contribution in [-0.2, 0) is 0 Å². The predicted molar refractivity (Wildman–Crippen MR) is 91.5 cm³/mol. The number of aliphatic hydroxyl groups excluding tert-OH is 1. The fraction of sp³-hybridized carbons (Fsp3) is 0.100. The Morgan fingerprint density at radius 1 is 0.773 bits per heavy atom. The number of aryl methyl sites for hydroxylation is 1. The number of hydrogen-bond acceptors (Lipinski definition) is 2. The largest absolute Gasteiger partial charge is 0.399 e. The van der Waals surface area contributed by atoms with Crippen molar-refractivity contribution in [2.24, 2.45) is 0 Å². The van der Waals surface area contributed by atoms with Crippen molar-refractivity contribution in [2.45, 2.75) is 13.0 Å². The summed E-state index contributed by atoms with van der Waals surface area (Å²) in [5, 5.41) is 10.5. The Morgan fingerprint density at radius 3 is 2.00 bits per heavy atom. The van der Waals surface area contributed by atoms with Crippen LogP contribution in [0, 0.1) is 6.92 Å². The van der Waals surface area contributed by atoms with E-state index in [2.05, 4.69) is 12.1 Å². The number of aliphatic hydroxyl groups is 1. The molecule has 2 heteroatoms. The highest BCUT2D eigenvalue weighted by atomic mass is 16.3. The molecule has 0 saturated carbocycles. The minimum atomic E-state index is -0.660. The van der Waals surface area contributed by atoms with Gasteiger partial charge < -0.3 is 10.8 Å². The average Bonchev–Trinajstić information content (AvgIpc) is 2.58. The average molecular weight is 289 g/mol. The van der Waals surface area contributed by atoms with Crippen molar-refractivity contribution in [3.05, 3.63) is 89.5 Å². The molecular weight excluding hydrogens is 270 g/mol. The Kier molecular flexibility index (Phi) is 3.94. The van der Waals surface area contributed by atoms with Gasteiger partial charge in [0.2, 0.25) is 0 Å². The molecule has 0 spiro atoms. The summed E-state index contributed by atoms with van der Waals surface area (Å²) in [6, 6.07) is 23.9. The van der Waals surface area contributed by atoms with Gasteiger partial charge in [-0.3, -0.25) is 0 Å². The maximum Gasteiger partial charge on any atom is 0.104 e. The van der Waals surface area contributed by atoms with Crippen LogP contribution in [0.2, 0.25) is 0 Å². The van der Waals surface area contributed by atoms with Gasteiger partial charge >= 0.3 is 0 Å². The van der Waals surface area contributed by atoms with Crippen molar-refractivity contribution in [1.29, 1.82) is 0 Å². The number of nitrogens with two attached hydrogens (primary N) is 1. The zero-order valence-corrected chi connectivity index (χ0v) is 12.5. The second kappa shape index (κ2) is 6.04. The molecule has 3 rings (SSSR count). The van der Waals surface area contributed by atoms with Crippen molar-refractivity contribution < 1.29 is 5.11 Å². The molecule has 0 saturated heterocycles. The third-order valence-corrected chi connectivity index (χ3v) is 3.95. The minimum Gasteiger partial charge on any atom is -0.399 e. The first-order valence-corrected chi connectivity index (χ1v) is 7.34. The summed E-state index contributed by atoms with van der Waals surface area (Å²) in [7, 11) is 0. The Bertz CT molecular complexity index is 763. The second-order valence-corrected chi connectivity index (χ2v) is 5.51. The van der Waals surface area contributed by atoms with Crippen LogP contribution in [0.4, 0.5) is 5.69 Å².